The second-order valence-corrected chi connectivity index (χ2v) is 5.21. The van der Waals surface area contributed by atoms with Crippen molar-refractivity contribution in [2.24, 2.45) is 5.92 Å². The van der Waals surface area contributed by atoms with Crippen LogP contribution in [0.25, 0.3) is 0 Å². The summed E-state index contributed by atoms with van der Waals surface area (Å²) in [6.07, 6.45) is 1.24. The number of esters is 1. The number of alkyl halides is 3. The van der Waals surface area contributed by atoms with E-state index in [9.17, 15) is 23.1 Å². The quantitative estimate of drug-likeness (QED) is 0.639. The van der Waals surface area contributed by atoms with E-state index < -0.39 is 17.7 Å². The summed E-state index contributed by atoms with van der Waals surface area (Å²) in [5.41, 5.74) is -2.50. The van der Waals surface area contributed by atoms with Crippen LogP contribution in [0.15, 0.2) is 12.7 Å². The molecular formula is C14H23F3O3. The van der Waals surface area contributed by atoms with Crippen LogP contribution < -0.4 is 0 Å². The Kier molecular flexibility index (Phi) is 7.86. The van der Waals surface area contributed by atoms with Crippen LogP contribution in [0, 0.1) is 5.92 Å². The summed E-state index contributed by atoms with van der Waals surface area (Å²) in [6.45, 7) is 4.03. The van der Waals surface area contributed by atoms with Crippen molar-refractivity contribution in [2.75, 3.05) is 7.11 Å². The fraction of sp³-hybridized carbons (Fsp3) is 0.786. The first-order chi connectivity index (χ1) is 9.14. The molecule has 1 rings (SSSR count). The summed E-state index contributed by atoms with van der Waals surface area (Å²) in [7, 11) is 1.31. The van der Waals surface area contributed by atoms with Gasteiger partial charge in [-0.1, -0.05) is 38.7 Å². The molecule has 0 bridgehead atoms. The van der Waals surface area contributed by atoms with Gasteiger partial charge in [0.1, 0.15) is 0 Å². The van der Waals surface area contributed by atoms with Crippen molar-refractivity contribution in [2.45, 2.75) is 57.2 Å². The molecule has 0 aromatic rings. The smallest absolute Gasteiger partial charge is 0.416 e. The lowest BCUT2D eigenvalue weighted by atomic mass is 9.81. The third-order valence-corrected chi connectivity index (χ3v) is 3.39. The molecule has 3 nitrogen and oxygen atoms in total. The fourth-order valence-corrected chi connectivity index (χ4v) is 2.15. The third kappa shape index (κ3) is 6.93. The van der Waals surface area contributed by atoms with Crippen LogP contribution in [0.3, 0.4) is 0 Å². The van der Waals surface area contributed by atoms with Crippen molar-refractivity contribution in [3.8, 4) is 0 Å². The largest absolute Gasteiger partial charge is 0.466 e. The average molecular weight is 296 g/mol. The van der Waals surface area contributed by atoms with Gasteiger partial charge >= 0.3 is 12.1 Å². The van der Waals surface area contributed by atoms with Gasteiger partial charge in [-0.05, 0) is 19.3 Å². The maximum absolute atomic E-state index is 12.3. The summed E-state index contributed by atoms with van der Waals surface area (Å²) in [5.74, 6) is -0.352. The molecule has 0 aromatic carbocycles. The molecule has 20 heavy (non-hydrogen) atoms. The zero-order valence-corrected chi connectivity index (χ0v) is 12.0. The number of hydrogen-bond acceptors (Lipinski definition) is 3. The van der Waals surface area contributed by atoms with Crippen molar-refractivity contribution in [1.29, 1.82) is 0 Å². The lowest BCUT2D eigenvalue weighted by Gasteiger charge is -2.32. The predicted molar refractivity (Wildman–Crippen MR) is 70.1 cm³/mol. The molecule has 6 heteroatoms. The number of ether oxygens (including phenoxy) is 1. The van der Waals surface area contributed by atoms with Crippen LogP contribution in [-0.2, 0) is 9.53 Å². The van der Waals surface area contributed by atoms with Gasteiger partial charge in [0.25, 0.3) is 0 Å². The molecule has 118 valence electrons. The molecule has 0 aromatic heterocycles. The molecule has 1 saturated carbocycles. The minimum absolute atomic E-state index is 0.0420. The maximum Gasteiger partial charge on any atom is 0.416 e. The zero-order valence-electron chi connectivity index (χ0n) is 12.0. The highest BCUT2D eigenvalue weighted by Gasteiger charge is 2.50. The monoisotopic (exact) mass is 296 g/mol. The van der Waals surface area contributed by atoms with E-state index in [-0.39, 0.29) is 12.3 Å². The number of hydrogen-bond donors (Lipinski definition) is 1. The average Bonchev–Trinajstić information content (AvgIpc) is 2.38. The van der Waals surface area contributed by atoms with Crippen molar-refractivity contribution >= 4 is 5.97 Å². The molecule has 1 fully saturated rings. The summed E-state index contributed by atoms with van der Waals surface area (Å²) < 4.78 is 41.2. The highest BCUT2D eigenvalue weighted by Crippen LogP contribution is 2.38. The van der Waals surface area contributed by atoms with Gasteiger partial charge in [-0.2, -0.15) is 13.2 Å². The van der Waals surface area contributed by atoms with Crippen molar-refractivity contribution in [3.05, 3.63) is 12.7 Å². The Morgan fingerprint density at radius 3 is 2.15 bits per heavy atom. The molecule has 0 saturated heterocycles. The number of aliphatic hydroxyl groups is 1. The number of carbonyl (C=O) groups excluding carboxylic acids is 1. The Hall–Kier alpha value is -1.04. The van der Waals surface area contributed by atoms with E-state index in [4.69, 9.17) is 0 Å². The molecule has 1 unspecified atom stereocenters. The molecular weight excluding hydrogens is 273 g/mol. The van der Waals surface area contributed by atoms with Gasteiger partial charge < -0.3 is 9.84 Å². The van der Waals surface area contributed by atoms with Crippen LogP contribution in [0.4, 0.5) is 13.2 Å². The zero-order chi connectivity index (χ0) is 15.8. The van der Waals surface area contributed by atoms with Crippen molar-refractivity contribution in [3.63, 3.8) is 0 Å². The lowest BCUT2D eigenvalue weighted by molar-refractivity contribution is -0.259. The van der Waals surface area contributed by atoms with Crippen LogP contribution >= 0.6 is 0 Å². The molecule has 0 spiro atoms. The van der Waals surface area contributed by atoms with E-state index >= 15 is 0 Å². The first-order valence-corrected chi connectivity index (χ1v) is 6.63. The Morgan fingerprint density at radius 1 is 1.35 bits per heavy atom. The molecule has 1 atom stereocenters. The van der Waals surface area contributed by atoms with E-state index in [0.717, 1.165) is 45.1 Å². The molecule has 0 aliphatic heterocycles. The standard InChI is InChI=1S/C10H17F3O.C4H6O2/c1-9(14,10(11,12)13)7-8-5-3-2-4-6-8;1-3-4(5)6-2/h8,14H,2-7H2,1H3;3H,1H2,2H3. The van der Waals surface area contributed by atoms with Gasteiger partial charge in [0.2, 0.25) is 0 Å². The fourth-order valence-electron chi connectivity index (χ4n) is 2.15. The van der Waals surface area contributed by atoms with E-state index in [1.54, 1.807) is 0 Å². The van der Waals surface area contributed by atoms with Crippen LogP contribution in [0.5, 0.6) is 0 Å². The normalized spacial score (nSPS) is 19.3. The summed E-state index contributed by atoms with van der Waals surface area (Å²) in [6, 6.07) is 0. The van der Waals surface area contributed by atoms with E-state index in [0.29, 0.717) is 0 Å². The highest BCUT2D eigenvalue weighted by molar-refractivity contribution is 5.80. The topological polar surface area (TPSA) is 46.5 Å². The second kappa shape index (κ2) is 8.29. The molecule has 1 aliphatic carbocycles. The lowest BCUT2D eigenvalue weighted by Crippen LogP contribution is -2.43. The first-order valence-electron chi connectivity index (χ1n) is 6.63. The Labute approximate surface area is 117 Å². The summed E-state index contributed by atoms with van der Waals surface area (Å²) in [4.78, 5) is 9.84. The Bertz CT molecular complexity index is 305. The highest BCUT2D eigenvalue weighted by atomic mass is 19.4. The van der Waals surface area contributed by atoms with Crippen LogP contribution in [0.2, 0.25) is 0 Å². The van der Waals surface area contributed by atoms with Gasteiger partial charge in [-0.25, -0.2) is 4.79 Å². The Morgan fingerprint density at radius 2 is 1.85 bits per heavy atom. The molecule has 0 heterocycles. The second-order valence-electron chi connectivity index (χ2n) is 5.21. The summed E-state index contributed by atoms with van der Waals surface area (Å²) in [5, 5.41) is 9.28. The van der Waals surface area contributed by atoms with Crippen molar-refractivity contribution in [1.82, 2.24) is 0 Å². The minimum Gasteiger partial charge on any atom is -0.466 e. The minimum atomic E-state index is -4.50. The molecule has 0 amide bonds. The van der Waals surface area contributed by atoms with Gasteiger partial charge in [0.15, 0.2) is 5.60 Å². The molecule has 1 aliphatic rings. The number of methoxy groups -OCH3 is 1. The summed E-state index contributed by atoms with van der Waals surface area (Å²) >= 11 is 0. The number of carbonyl (C=O) groups is 1. The number of halogens is 3. The van der Waals surface area contributed by atoms with Gasteiger partial charge in [-0.15, -0.1) is 0 Å². The maximum atomic E-state index is 12.3. The van der Waals surface area contributed by atoms with E-state index in [2.05, 4.69) is 11.3 Å². The molecule has 1 N–H and O–H groups in total. The van der Waals surface area contributed by atoms with Crippen molar-refractivity contribution < 1.29 is 27.8 Å². The number of rotatable bonds is 3. The SMILES string of the molecule is C=CC(=O)OC.CC(O)(CC1CCCCC1)C(F)(F)F. The predicted octanol–water partition coefficient (Wildman–Crippen LogP) is 3.62. The van der Waals surface area contributed by atoms with Crippen LogP contribution in [0.1, 0.15) is 45.4 Å². The Balaban J connectivity index is 0.000000511. The molecule has 0 radical (unpaired) electrons. The van der Waals surface area contributed by atoms with E-state index in [1.165, 1.54) is 7.11 Å². The van der Waals surface area contributed by atoms with Gasteiger partial charge in [-0.3, -0.25) is 0 Å². The van der Waals surface area contributed by atoms with E-state index in [1.807, 2.05) is 0 Å². The third-order valence-electron chi connectivity index (χ3n) is 3.39. The first kappa shape index (κ1) is 19.0. The van der Waals surface area contributed by atoms with Gasteiger partial charge in [0.05, 0.1) is 7.11 Å². The van der Waals surface area contributed by atoms with Crippen LogP contribution in [-0.4, -0.2) is 30.0 Å². The van der Waals surface area contributed by atoms with Gasteiger partial charge in [0, 0.05) is 6.08 Å².